The van der Waals surface area contributed by atoms with Gasteiger partial charge in [0.05, 0.1) is 5.69 Å². The van der Waals surface area contributed by atoms with Crippen molar-refractivity contribution in [2.24, 2.45) is 0 Å². The van der Waals surface area contributed by atoms with E-state index in [1.165, 1.54) is 24.8 Å². The fourth-order valence-electron chi connectivity index (χ4n) is 4.43. The van der Waals surface area contributed by atoms with E-state index in [1.54, 1.807) is 18.6 Å². The number of benzene rings is 2. The third-order valence-electron chi connectivity index (χ3n) is 6.51. The van der Waals surface area contributed by atoms with Gasteiger partial charge in [0.25, 0.3) is 5.91 Å². The Bertz CT molecular complexity index is 1390. The second-order valence-electron chi connectivity index (χ2n) is 9.26. The van der Waals surface area contributed by atoms with Crippen LogP contribution in [-0.4, -0.2) is 38.8 Å². The van der Waals surface area contributed by atoms with E-state index in [9.17, 15) is 4.79 Å². The summed E-state index contributed by atoms with van der Waals surface area (Å²) in [5, 5.41) is 6.30. The number of anilines is 3. The van der Waals surface area contributed by atoms with Crippen LogP contribution in [0.1, 0.15) is 40.7 Å². The molecule has 2 N–H and O–H groups in total. The molecule has 1 saturated heterocycles. The highest BCUT2D eigenvalue weighted by Crippen LogP contribution is 2.26. The maximum Gasteiger partial charge on any atom is 0.255 e. The van der Waals surface area contributed by atoms with Crippen LogP contribution in [0.25, 0.3) is 11.3 Å². The number of halogens is 1. The summed E-state index contributed by atoms with van der Waals surface area (Å²) in [4.78, 5) is 28.6. The number of nitrogens with zero attached hydrogens (tertiary/aromatic N) is 4. The minimum absolute atomic E-state index is 0.158. The molecule has 188 valence electrons. The molecule has 0 unspecified atom stereocenters. The zero-order valence-corrected chi connectivity index (χ0v) is 22.3. The van der Waals surface area contributed by atoms with Gasteiger partial charge in [-0.3, -0.25) is 14.7 Å². The normalized spacial score (nSPS) is 13.8. The number of aromatic nitrogens is 3. The quantitative estimate of drug-likeness (QED) is 0.267. The van der Waals surface area contributed by atoms with Crippen molar-refractivity contribution >= 4 is 39.2 Å². The lowest BCUT2D eigenvalue weighted by molar-refractivity contribution is 0.102. The summed E-state index contributed by atoms with van der Waals surface area (Å²) < 4.78 is 0.961. The summed E-state index contributed by atoms with van der Waals surface area (Å²) in [5.74, 6) is 0.316. The van der Waals surface area contributed by atoms with Gasteiger partial charge in [-0.1, -0.05) is 34.5 Å². The third-order valence-corrected chi connectivity index (χ3v) is 7.25. The molecule has 1 amide bonds. The molecule has 1 aliphatic heterocycles. The Hall–Kier alpha value is -3.62. The summed E-state index contributed by atoms with van der Waals surface area (Å²) in [6.07, 6.45) is 9.05. The third kappa shape index (κ3) is 6.39. The van der Waals surface area contributed by atoms with Crippen LogP contribution < -0.4 is 10.6 Å². The van der Waals surface area contributed by atoms with E-state index in [1.807, 2.05) is 61.5 Å². The zero-order valence-electron chi connectivity index (χ0n) is 20.7. The van der Waals surface area contributed by atoms with Crippen molar-refractivity contribution in [3.05, 3.63) is 94.4 Å². The molecule has 2 aromatic carbocycles. The number of hydrogen-bond acceptors (Lipinski definition) is 6. The van der Waals surface area contributed by atoms with Crippen LogP contribution in [0, 0.1) is 6.92 Å². The Labute approximate surface area is 225 Å². The summed E-state index contributed by atoms with van der Waals surface area (Å²) >= 11 is 3.67. The van der Waals surface area contributed by atoms with Crippen LogP contribution in [0.4, 0.5) is 17.3 Å². The molecule has 8 heteroatoms. The van der Waals surface area contributed by atoms with Crippen LogP contribution in [0.3, 0.4) is 0 Å². The van der Waals surface area contributed by atoms with E-state index >= 15 is 0 Å². The molecule has 0 radical (unpaired) electrons. The molecule has 3 heterocycles. The molecule has 4 aromatic rings. The molecular weight excluding hydrogens is 528 g/mol. The topological polar surface area (TPSA) is 83.0 Å². The largest absolute Gasteiger partial charge is 0.324 e. The minimum atomic E-state index is -0.158. The predicted octanol–water partition coefficient (Wildman–Crippen LogP) is 6.59. The lowest BCUT2D eigenvalue weighted by atomic mass is 10.1. The number of carbonyl (C=O) groups excluding carboxylic acids is 1. The minimum Gasteiger partial charge on any atom is -0.324 e. The first-order chi connectivity index (χ1) is 18.0. The Morgan fingerprint density at radius 2 is 1.89 bits per heavy atom. The standard InChI is InChI=1S/C29H29BrN6O/c1-20-7-10-24(17-27(20)35-29-32-13-11-26(34-29)22-6-5-12-31-18-22)33-28(37)21-8-9-23(25(30)16-21)19-36-14-3-2-4-15-36/h5-13,16-18H,2-4,14-15,19H2,1H3,(H,33,37)(H,32,34,35). The Morgan fingerprint density at radius 3 is 2.68 bits per heavy atom. The van der Waals surface area contributed by atoms with Gasteiger partial charge in [0.1, 0.15) is 0 Å². The van der Waals surface area contributed by atoms with E-state index in [2.05, 4.69) is 46.4 Å². The average molecular weight is 557 g/mol. The number of amides is 1. The van der Waals surface area contributed by atoms with Crippen LogP contribution in [0.15, 0.2) is 77.7 Å². The number of likely N-dealkylation sites (tertiary alicyclic amines) is 1. The lowest BCUT2D eigenvalue weighted by Gasteiger charge is -2.26. The summed E-state index contributed by atoms with van der Waals surface area (Å²) in [6.45, 7) is 5.17. The summed E-state index contributed by atoms with van der Waals surface area (Å²) in [5.41, 5.74) is 6.03. The molecule has 0 saturated carbocycles. The highest BCUT2D eigenvalue weighted by atomic mass is 79.9. The molecule has 0 spiro atoms. The van der Waals surface area contributed by atoms with Crippen LogP contribution in [-0.2, 0) is 6.54 Å². The number of piperidine rings is 1. The van der Waals surface area contributed by atoms with E-state index in [4.69, 9.17) is 0 Å². The molecule has 0 bridgehead atoms. The summed E-state index contributed by atoms with van der Waals surface area (Å²) in [7, 11) is 0. The Balaban J connectivity index is 1.28. The van der Waals surface area contributed by atoms with Crippen molar-refractivity contribution in [1.82, 2.24) is 19.9 Å². The van der Waals surface area contributed by atoms with Gasteiger partial charge in [-0.15, -0.1) is 0 Å². The second-order valence-corrected chi connectivity index (χ2v) is 10.1. The van der Waals surface area contributed by atoms with Gasteiger partial charge in [0.2, 0.25) is 5.95 Å². The molecule has 0 aliphatic carbocycles. The molecule has 7 nitrogen and oxygen atoms in total. The van der Waals surface area contributed by atoms with E-state index in [-0.39, 0.29) is 5.91 Å². The van der Waals surface area contributed by atoms with Gasteiger partial charge in [-0.2, -0.15) is 0 Å². The number of aryl methyl sites for hydroxylation is 1. The SMILES string of the molecule is Cc1ccc(NC(=O)c2ccc(CN3CCCCC3)c(Br)c2)cc1Nc1nccc(-c2cccnc2)n1. The fraction of sp³-hybridized carbons (Fsp3) is 0.241. The molecular formula is C29H29BrN6O. The molecule has 1 fully saturated rings. The van der Waals surface area contributed by atoms with Gasteiger partial charge in [-0.05, 0) is 86.4 Å². The van der Waals surface area contributed by atoms with Crippen molar-refractivity contribution in [3.63, 3.8) is 0 Å². The van der Waals surface area contributed by atoms with Gasteiger partial charge >= 0.3 is 0 Å². The highest BCUT2D eigenvalue weighted by Gasteiger charge is 2.14. The van der Waals surface area contributed by atoms with E-state index in [0.29, 0.717) is 17.2 Å². The first kappa shape index (κ1) is 25.0. The van der Waals surface area contributed by atoms with Crippen LogP contribution in [0.2, 0.25) is 0 Å². The van der Waals surface area contributed by atoms with Crippen molar-refractivity contribution in [3.8, 4) is 11.3 Å². The first-order valence-corrected chi connectivity index (χ1v) is 13.3. The van der Waals surface area contributed by atoms with Gasteiger partial charge in [0, 0.05) is 52.1 Å². The van der Waals surface area contributed by atoms with E-state index in [0.717, 1.165) is 46.6 Å². The smallest absolute Gasteiger partial charge is 0.255 e. The van der Waals surface area contributed by atoms with Crippen molar-refractivity contribution in [2.75, 3.05) is 23.7 Å². The lowest BCUT2D eigenvalue weighted by Crippen LogP contribution is -2.29. The number of pyridine rings is 1. The Morgan fingerprint density at radius 1 is 1.03 bits per heavy atom. The van der Waals surface area contributed by atoms with Crippen molar-refractivity contribution in [2.45, 2.75) is 32.7 Å². The molecule has 0 atom stereocenters. The second kappa shape index (κ2) is 11.6. The predicted molar refractivity (Wildman–Crippen MR) is 151 cm³/mol. The van der Waals surface area contributed by atoms with Crippen LogP contribution >= 0.6 is 15.9 Å². The molecule has 1 aliphatic rings. The molecule has 37 heavy (non-hydrogen) atoms. The van der Waals surface area contributed by atoms with Crippen molar-refractivity contribution < 1.29 is 4.79 Å². The number of hydrogen-bond donors (Lipinski definition) is 2. The monoisotopic (exact) mass is 556 g/mol. The fourth-order valence-corrected chi connectivity index (χ4v) is 4.93. The maximum atomic E-state index is 13.0. The number of nitrogens with one attached hydrogen (secondary N) is 2. The Kier molecular flexibility index (Phi) is 7.87. The number of carbonyl (C=O) groups is 1. The first-order valence-electron chi connectivity index (χ1n) is 12.5. The molecule has 5 rings (SSSR count). The van der Waals surface area contributed by atoms with Gasteiger partial charge < -0.3 is 10.6 Å². The van der Waals surface area contributed by atoms with Gasteiger partial charge in [0.15, 0.2) is 0 Å². The average Bonchev–Trinajstić information content (AvgIpc) is 2.93. The van der Waals surface area contributed by atoms with Crippen LogP contribution in [0.5, 0.6) is 0 Å². The maximum absolute atomic E-state index is 13.0. The number of rotatable bonds is 7. The highest BCUT2D eigenvalue weighted by molar-refractivity contribution is 9.10. The van der Waals surface area contributed by atoms with E-state index < -0.39 is 0 Å². The molecule has 2 aromatic heterocycles. The zero-order chi connectivity index (χ0) is 25.6. The van der Waals surface area contributed by atoms with Crippen molar-refractivity contribution in [1.29, 1.82) is 0 Å². The van der Waals surface area contributed by atoms with Gasteiger partial charge in [-0.25, -0.2) is 9.97 Å². The summed E-state index contributed by atoms with van der Waals surface area (Å²) in [6, 6.07) is 17.3.